The summed E-state index contributed by atoms with van der Waals surface area (Å²) in [6.45, 7) is 4.30. The van der Waals surface area contributed by atoms with E-state index in [2.05, 4.69) is 0 Å². The van der Waals surface area contributed by atoms with E-state index in [-0.39, 0.29) is 29.9 Å². The average Bonchev–Trinajstić information content (AvgIpc) is 2.17. The molecule has 0 aliphatic heterocycles. The van der Waals surface area contributed by atoms with Gasteiger partial charge in [-0.1, -0.05) is 26.0 Å². The fraction of sp³-hybridized carbons (Fsp3) is 0.462. The van der Waals surface area contributed by atoms with Gasteiger partial charge in [-0.3, -0.25) is 4.79 Å². The standard InChI is InChI=1S/C13H18FNO/c1-9(2)12(8-15)13(16)7-10-4-3-5-11(14)6-10/h3-6,9,12H,7-8,15H2,1-2H3. The number of carbonyl (C=O) groups is 1. The zero-order chi connectivity index (χ0) is 12.1. The Balaban J connectivity index is 2.70. The third-order valence-corrected chi connectivity index (χ3v) is 2.74. The van der Waals surface area contributed by atoms with E-state index in [9.17, 15) is 9.18 Å². The van der Waals surface area contributed by atoms with Crippen LogP contribution in [0, 0.1) is 17.7 Å². The van der Waals surface area contributed by atoms with Gasteiger partial charge >= 0.3 is 0 Å². The molecule has 1 aromatic carbocycles. The van der Waals surface area contributed by atoms with Crippen LogP contribution in [-0.4, -0.2) is 12.3 Å². The first-order chi connectivity index (χ1) is 7.54. The van der Waals surface area contributed by atoms with Crippen molar-refractivity contribution >= 4 is 5.78 Å². The molecule has 0 amide bonds. The largest absolute Gasteiger partial charge is 0.330 e. The van der Waals surface area contributed by atoms with E-state index in [1.165, 1.54) is 12.1 Å². The van der Waals surface area contributed by atoms with E-state index in [4.69, 9.17) is 5.73 Å². The van der Waals surface area contributed by atoms with Gasteiger partial charge in [-0.25, -0.2) is 4.39 Å². The van der Waals surface area contributed by atoms with Crippen molar-refractivity contribution in [3.05, 3.63) is 35.6 Å². The Morgan fingerprint density at radius 2 is 2.12 bits per heavy atom. The molecule has 0 aliphatic carbocycles. The maximum Gasteiger partial charge on any atom is 0.141 e. The van der Waals surface area contributed by atoms with Crippen LogP contribution in [-0.2, 0) is 11.2 Å². The molecule has 16 heavy (non-hydrogen) atoms. The topological polar surface area (TPSA) is 43.1 Å². The number of hydrogen-bond donors (Lipinski definition) is 1. The van der Waals surface area contributed by atoms with Gasteiger partial charge in [0.05, 0.1) is 0 Å². The Hall–Kier alpha value is -1.22. The van der Waals surface area contributed by atoms with Gasteiger partial charge in [0.15, 0.2) is 0 Å². The molecular formula is C13H18FNO. The van der Waals surface area contributed by atoms with Crippen LogP contribution in [0.5, 0.6) is 0 Å². The van der Waals surface area contributed by atoms with Gasteiger partial charge in [-0.2, -0.15) is 0 Å². The molecule has 1 rings (SSSR count). The van der Waals surface area contributed by atoms with Crippen LogP contribution in [0.3, 0.4) is 0 Å². The molecule has 2 N–H and O–H groups in total. The first-order valence-electron chi connectivity index (χ1n) is 5.51. The zero-order valence-corrected chi connectivity index (χ0v) is 9.74. The summed E-state index contributed by atoms with van der Waals surface area (Å²) in [6, 6.07) is 6.14. The molecule has 2 nitrogen and oxygen atoms in total. The van der Waals surface area contributed by atoms with Crippen LogP contribution in [0.25, 0.3) is 0 Å². The number of nitrogens with two attached hydrogens (primary N) is 1. The highest BCUT2D eigenvalue weighted by Gasteiger charge is 2.20. The zero-order valence-electron chi connectivity index (χ0n) is 9.74. The number of hydrogen-bond acceptors (Lipinski definition) is 2. The maximum absolute atomic E-state index is 12.9. The predicted molar refractivity (Wildman–Crippen MR) is 62.5 cm³/mol. The third kappa shape index (κ3) is 3.42. The van der Waals surface area contributed by atoms with Crippen molar-refractivity contribution in [3.63, 3.8) is 0 Å². The van der Waals surface area contributed by atoms with Crippen molar-refractivity contribution in [1.29, 1.82) is 0 Å². The Morgan fingerprint density at radius 3 is 2.62 bits per heavy atom. The summed E-state index contributed by atoms with van der Waals surface area (Å²) in [7, 11) is 0. The molecule has 1 atom stereocenters. The third-order valence-electron chi connectivity index (χ3n) is 2.74. The monoisotopic (exact) mass is 223 g/mol. The van der Waals surface area contributed by atoms with Crippen molar-refractivity contribution in [2.45, 2.75) is 20.3 Å². The molecule has 3 heteroatoms. The summed E-state index contributed by atoms with van der Waals surface area (Å²) in [5.41, 5.74) is 6.28. The highest BCUT2D eigenvalue weighted by atomic mass is 19.1. The average molecular weight is 223 g/mol. The molecule has 1 aromatic rings. The minimum Gasteiger partial charge on any atom is -0.330 e. The molecular weight excluding hydrogens is 205 g/mol. The quantitative estimate of drug-likeness (QED) is 0.831. The van der Waals surface area contributed by atoms with Crippen molar-refractivity contribution in [3.8, 4) is 0 Å². The Morgan fingerprint density at radius 1 is 1.44 bits per heavy atom. The van der Waals surface area contributed by atoms with Crippen molar-refractivity contribution in [2.24, 2.45) is 17.6 Å². The van der Waals surface area contributed by atoms with Crippen molar-refractivity contribution in [1.82, 2.24) is 0 Å². The van der Waals surface area contributed by atoms with E-state index in [0.29, 0.717) is 12.1 Å². The molecule has 0 bridgehead atoms. The molecule has 0 heterocycles. The van der Waals surface area contributed by atoms with E-state index >= 15 is 0 Å². The summed E-state index contributed by atoms with van der Waals surface area (Å²) >= 11 is 0. The molecule has 0 spiro atoms. The summed E-state index contributed by atoms with van der Waals surface area (Å²) in [5, 5.41) is 0. The molecule has 88 valence electrons. The van der Waals surface area contributed by atoms with Crippen molar-refractivity contribution in [2.75, 3.05) is 6.54 Å². The van der Waals surface area contributed by atoms with Gasteiger partial charge in [0, 0.05) is 18.9 Å². The van der Waals surface area contributed by atoms with Crippen LogP contribution < -0.4 is 5.73 Å². The van der Waals surface area contributed by atoms with Crippen molar-refractivity contribution < 1.29 is 9.18 Å². The number of ketones is 1. The number of benzene rings is 1. The van der Waals surface area contributed by atoms with Gasteiger partial charge in [-0.05, 0) is 23.6 Å². The minimum atomic E-state index is -0.306. The molecule has 0 aromatic heterocycles. The van der Waals surface area contributed by atoms with E-state index in [0.717, 1.165) is 0 Å². The predicted octanol–water partition coefficient (Wildman–Crippen LogP) is 2.17. The van der Waals surface area contributed by atoms with Crippen LogP contribution in [0.15, 0.2) is 24.3 Å². The van der Waals surface area contributed by atoms with Crippen LogP contribution in [0.2, 0.25) is 0 Å². The highest BCUT2D eigenvalue weighted by Crippen LogP contribution is 2.14. The molecule has 0 saturated heterocycles. The first-order valence-corrected chi connectivity index (χ1v) is 5.51. The molecule has 1 unspecified atom stereocenters. The summed E-state index contributed by atoms with van der Waals surface area (Å²) in [6.07, 6.45) is 0.262. The van der Waals surface area contributed by atoms with Gasteiger partial charge < -0.3 is 5.73 Å². The van der Waals surface area contributed by atoms with Gasteiger partial charge in [0.1, 0.15) is 11.6 Å². The lowest BCUT2D eigenvalue weighted by atomic mass is 9.88. The number of Topliss-reactive ketones (excluding diaryl/α,β-unsaturated/α-hetero) is 1. The molecule has 0 saturated carbocycles. The lowest BCUT2D eigenvalue weighted by Gasteiger charge is -2.17. The number of carbonyl (C=O) groups excluding carboxylic acids is 1. The van der Waals surface area contributed by atoms with Crippen LogP contribution in [0.4, 0.5) is 4.39 Å². The smallest absolute Gasteiger partial charge is 0.141 e. The lowest BCUT2D eigenvalue weighted by Crippen LogP contribution is -2.29. The van der Waals surface area contributed by atoms with E-state index < -0.39 is 0 Å². The Kier molecular flexibility index (Phi) is 4.62. The Labute approximate surface area is 95.7 Å². The van der Waals surface area contributed by atoms with Gasteiger partial charge in [0.2, 0.25) is 0 Å². The fourth-order valence-corrected chi connectivity index (χ4v) is 1.75. The molecule has 0 fully saturated rings. The summed E-state index contributed by atoms with van der Waals surface area (Å²) in [4.78, 5) is 11.9. The van der Waals surface area contributed by atoms with E-state index in [1.807, 2.05) is 13.8 Å². The van der Waals surface area contributed by atoms with Crippen LogP contribution >= 0.6 is 0 Å². The number of halogens is 1. The summed E-state index contributed by atoms with van der Waals surface area (Å²) in [5.74, 6) is -0.128. The summed E-state index contributed by atoms with van der Waals surface area (Å²) < 4.78 is 12.9. The first kappa shape index (κ1) is 12.8. The Bertz CT molecular complexity index is 363. The molecule has 0 radical (unpaired) electrons. The van der Waals surface area contributed by atoms with Gasteiger partial charge in [-0.15, -0.1) is 0 Å². The molecule has 0 aliphatic rings. The SMILES string of the molecule is CC(C)C(CN)C(=O)Cc1cccc(F)c1. The second kappa shape index (κ2) is 5.75. The highest BCUT2D eigenvalue weighted by molar-refractivity contribution is 5.83. The second-order valence-corrected chi connectivity index (χ2v) is 4.36. The maximum atomic E-state index is 12.9. The fourth-order valence-electron chi connectivity index (χ4n) is 1.75. The van der Waals surface area contributed by atoms with Crippen LogP contribution in [0.1, 0.15) is 19.4 Å². The van der Waals surface area contributed by atoms with E-state index in [1.54, 1.807) is 12.1 Å². The second-order valence-electron chi connectivity index (χ2n) is 4.36. The van der Waals surface area contributed by atoms with Gasteiger partial charge in [0.25, 0.3) is 0 Å². The minimum absolute atomic E-state index is 0.0862. The lowest BCUT2D eigenvalue weighted by molar-refractivity contribution is -0.123. The number of rotatable bonds is 5. The normalized spacial score (nSPS) is 12.8.